The van der Waals surface area contributed by atoms with Gasteiger partial charge in [-0.05, 0) is 29.8 Å². The fourth-order valence-electron chi connectivity index (χ4n) is 2.33. The molecule has 0 saturated carbocycles. The van der Waals surface area contributed by atoms with Crippen LogP contribution in [-0.4, -0.2) is 33.7 Å². The number of carbonyl (C=O) groups excluding carboxylic acids is 1. The lowest BCUT2D eigenvalue weighted by atomic mass is 10.1. The molecule has 0 N–H and O–H groups in total. The molecule has 0 unspecified atom stereocenters. The largest absolute Gasteiger partial charge is 0.573 e. The maximum atomic E-state index is 12.1. The van der Waals surface area contributed by atoms with Crippen molar-refractivity contribution in [3.8, 4) is 23.0 Å². The van der Waals surface area contributed by atoms with Crippen molar-refractivity contribution in [3.63, 3.8) is 0 Å². The van der Waals surface area contributed by atoms with Crippen molar-refractivity contribution in [2.24, 2.45) is 0 Å². The summed E-state index contributed by atoms with van der Waals surface area (Å²) in [6.07, 6.45) is -2.07. The zero-order chi connectivity index (χ0) is 21.4. The van der Waals surface area contributed by atoms with Gasteiger partial charge in [-0.15, -0.1) is 13.2 Å². The SMILES string of the molecule is COc1cc(OC)c(OC)cc1/C=C/C(=O)OCc1ccc(OC(F)(F)F)cc1. The van der Waals surface area contributed by atoms with Crippen LogP contribution in [0.1, 0.15) is 11.1 Å². The molecular weight excluding hydrogens is 393 g/mol. The molecule has 0 spiro atoms. The van der Waals surface area contributed by atoms with Gasteiger partial charge in [0.2, 0.25) is 0 Å². The van der Waals surface area contributed by atoms with Crippen LogP contribution in [0.3, 0.4) is 0 Å². The van der Waals surface area contributed by atoms with E-state index in [2.05, 4.69) is 4.74 Å². The monoisotopic (exact) mass is 412 g/mol. The predicted molar refractivity (Wildman–Crippen MR) is 98.1 cm³/mol. The molecule has 0 bridgehead atoms. The van der Waals surface area contributed by atoms with Gasteiger partial charge < -0.3 is 23.7 Å². The number of alkyl halides is 3. The zero-order valence-electron chi connectivity index (χ0n) is 15.9. The van der Waals surface area contributed by atoms with Gasteiger partial charge in [-0.3, -0.25) is 0 Å². The van der Waals surface area contributed by atoms with Crippen molar-refractivity contribution in [3.05, 3.63) is 53.6 Å². The van der Waals surface area contributed by atoms with E-state index in [0.717, 1.165) is 12.1 Å². The standard InChI is InChI=1S/C20H19F3O6/c1-25-16-11-18(27-3)17(26-2)10-14(16)6-9-19(24)28-12-13-4-7-15(8-5-13)29-20(21,22)23/h4-11H,12H2,1-3H3/b9-6+. The maximum absolute atomic E-state index is 12.1. The molecule has 0 aliphatic rings. The Morgan fingerprint density at radius 3 is 2.07 bits per heavy atom. The molecule has 0 radical (unpaired) electrons. The summed E-state index contributed by atoms with van der Waals surface area (Å²) in [5, 5.41) is 0. The van der Waals surface area contributed by atoms with Gasteiger partial charge in [0.1, 0.15) is 18.1 Å². The van der Waals surface area contributed by atoms with E-state index in [1.54, 1.807) is 12.1 Å². The number of hydrogen-bond donors (Lipinski definition) is 0. The summed E-state index contributed by atoms with van der Waals surface area (Å²) in [5.74, 6) is 0.405. The number of ether oxygens (including phenoxy) is 5. The van der Waals surface area contributed by atoms with Crippen molar-refractivity contribution in [2.75, 3.05) is 21.3 Å². The Labute approximate surface area is 165 Å². The first-order valence-electron chi connectivity index (χ1n) is 8.25. The highest BCUT2D eigenvalue weighted by Gasteiger charge is 2.30. The third kappa shape index (κ3) is 6.63. The van der Waals surface area contributed by atoms with Crippen molar-refractivity contribution in [2.45, 2.75) is 13.0 Å². The summed E-state index contributed by atoms with van der Waals surface area (Å²) in [4.78, 5) is 11.9. The van der Waals surface area contributed by atoms with Crippen LogP contribution in [0.2, 0.25) is 0 Å². The summed E-state index contributed by atoms with van der Waals surface area (Å²) >= 11 is 0. The average molecular weight is 412 g/mol. The summed E-state index contributed by atoms with van der Waals surface area (Å²) < 4.78 is 61.0. The van der Waals surface area contributed by atoms with Crippen LogP contribution in [-0.2, 0) is 16.1 Å². The van der Waals surface area contributed by atoms with Crippen molar-refractivity contribution in [1.82, 2.24) is 0 Å². The van der Waals surface area contributed by atoms with Crippen LogP contribution >= 0.6 is 0 Å². The molecule has 0 aliphatic heterocycles. The number of methoxy groups -OCH3 is 3. The second-order valence-corrected chi connectivity index (χ2v) is 5.58. The van der Waals surface area contributed by atoms with E-state index in [1.165, 1.54) is 45.6 Å². The van der Waals surface area contributed by atoms with Gasteiger partial charge in [-0.2, -0.15) is 0 Å². The fraction of sp³-hybridized carbons (Fsp3) is 0.250. The number of carbonyl (C=O) groups is 1. The quantitative estimate of drug-likeness (QED) is 0.474. The van der Waals surface area contributed by atoms with E-state index in [0.29, 0.717) is 28.4 Å². The van der Waals surface area contributed by atoms with Gasteiger partial charge in [-0.25, -0.2) is 4.79 Å². The summed E-state index contributed by atoms with van der Waals surface area (Å²) in [7, 11) is 4.45. The smallest absolute Gasteiger partial charge is 0.496 e. The van der Waals surface area contributed by atoms with Crippen LogP contribution in [0, 0.1) is 0 Å². The van der Waals surface area contributed by atoms with Crippen LogP contribution < -0.4 is 18.9 Å². The lowest BCUT2D eigenvalue weighted by Gasteiger charge is -2.12. The molecule has 0 aliphatic carbocycles. The number of rotatable bonds is 8. The molecule has 0 atom stereocenters. The molecule has 156 valence electrons. The molecule has 2 rings (SSSR count). The predicted octanol–water partition coefficient (Wildman–Crippen LogP) is 4.37. The molecule has 9 heteroatoms. The van der Waals surface area contributed by atoms with Gasteiger partial charge in [-0.1, -0.05) is 12.1 Å². The van der Waals surface area contributed by atoms with E-state index < -0.39 is 12.3 Å². The van der Waals surface area contributed by atoms with E-state index >= 15 is 0 Å². The van der Waals surface area contributed by atoms with Crippen LogP contribution in [0.5, 0.6) is 23.0 Å². The lowest BCUT2D eigenvalue weighted by Crippen LogP contribution is -2.17. The molecule has 29 heavy (non-hydrogen) atoms. The topological polar surface area (TPSA) is 63.2 Å². The van der Waals surface area contributed by atoms with Crippen molar-refractivity contribution >= 4 is 12.0 Å². The van der Waals surface area contributed by atoms with Gasteiger partial charge in [0.15, 0.2) is 11.5 Å². The zero-order valence-corrected chi connectivity index (χ0v) is 15.9. The third-order valence-electron chi connectivity index (χ3n) is 3.67. The maximum Gasteiger partial charge on any atom is 0.573 e. The van der Waals surface area contributed by atoms with Crippen LogP contribution in [0.15, 0.2) is 42.5 Å². The molecule has 2 aromatic carbocycles. The summed E-state index contributed by atoms with van der Waals surface area (Å²) in [6, 6.07) is 8.28. The molecule has 0 saturated heterocycles. The van der Waals surface area contributed by atoms with Crippen LogP contribution in [0.25, 0.3) is 6.08 Å². The molecule has 0 amide bonds. The highest BCUT2D eigenvalue weighted by atomic mass is 19.4. The van der Waals surface area contributed by atoms with E-state index in [-0.39, 0.29) is 12.4 Å². The van der Waals surface area contributed by atoms with E-state index in [1.807, 2.05) is 0 Å². The number of hydrogen-bond acceptors (Lipinski definition) is 6. The Morgan fingerprint density at radius 2 is 1.52 bits per heavy atom. The second-order valence-electron chi connectivity index (χ2n) is 5.58. The van der Waals surface area contributed by atoms with Gasteiger partial charge >= 0.3 is 12.3 Å². The van der Waals surface area contributed by atoms with E-state index in [9.17, 15) is 18.0 Å². The van der Waals surface area contributed by atoms with Crippen molar-refractivity contribution < 1.29 is 41.7 Å². The Bertz CT molecular complexity index is 860. The normalized spacial score (nSPS) is 11.2. The minimum absolute atomic E-state index is 0.113. The Kier molecular flexibility index (Phi) is 7.35. The Balaban J connectivity index is 1.99. The third-order valence-corrected chi connectivity index (χ3v) is 3.67. The summed E-state index contributed by atoms with van der Waals surface area (Å²) in [5.41, 5.74) is 1.07. The fourth-order valence-corrected chi connectivity index (χ4v) is 2.33. The minimum Gasteiger partial charge on any atom is -0.496 e. The molecule has 2 aromatic rings. The van der Waals surface area contributed by atoms with Gasteiger partial charge in [0.25, 0.3) is 0 Å². The number of benzene rings is 2. The molecule has 0 fully saturated rings. The molecular formula is C20H19F3O6. The lowest BCUT2D eigenvalue weighted by molar-refractivity contribution is -0.274. The van der Waals surface area contributed by atoms with Crippen molar-refractivity contribution in [1.29, 1.82) is 0 Å². The molecule has 0 aromatic heterocycles. The Morgan fingerprint density at radius 1 is 0.931 bits per heavy atom. The first-order valence-corrected chi connectivity index (χ1v) is 8.25. The first-order chi connectivity index (χ1) is 13.8. The molecule has 0 heterocycles. The number of esters is 1. The highest BCUT2D eigenvalue weighted by Crippen LogP contribution is 2.35. The first kappa shape index (κ1) is 21.9. The van der Waals surface area contributed by atoms with Gasteiger partial charge in [0, 0.05) is 17.7 Å². The highest BCUT2D eigenvalue weighted by molar-refractivity contribution is 5.87. The van der Waals surface area contributed by atoms with Crippen LogP contribution in [0.4, 0.5) is 13.2 Å². The second kappa shape index (κ2) is 9.72. The average Bonchev–Trinajstić information content (AvgIpc) is 2.69. The minimum atomic E-state index is -4.76. The molecule has 6 nitrogen and oxygen atoms in total. The van der Waals surface area contributed by atoms with E-state index in [4.69, 9.17) is 18.9 Å². The summed E-state index contributed by atoms with van der Waals surface area (Å²) in [6.45, 7) is -0.113. The number of halogens is 3. The van der Waals surface area contributed by atoms with Gasteiger partial charge in [0.05, 0.1) is 21.3 Å². The Hall–Kier alpha value is -3.36.